The summed E-state index contributed by atoms with van der Waals surface area (Å²) in [6.45, 7) is 6.22. The molecule has 3 N–H and O–H groups in total. The summed E-state index contributed by atoms with van der Waals surface area (Å²) in [7, 11) is 0. The van der Waals surface area contributed by atoms with Gasteiger partial charge in [-0.05, 0) is 42.0 Å². The maximum atomic E-state index is 13.2. The van der Waals surface area contributed by atoms with Gasteiger partial charge in [0.2, 0.25) is 5.91 Å². The van der Waals surface area contributed by atoms with Gasteiger partial charge in [-0.3, -0.25) is 9.59 Å². The first-order valence-corrected chi connectivity index (χ1v) is 11.8. The third-order valence-corrected chi connectivity index (χ3v) is 6.60. The van der Waals surface area contributed by atoms with Crippen LogP contribution >= 0.6 is 0 Å². The Hall–Kier alpha value is -3.39. The van der Waals surface area contributed by atoms with Crippen LogP contribution in [0.25, 0.3) is 11.1 Å². The maximum absolute atomic E-state index is 13.2. The molecule has 8 nitrogen and oxygen atoms in total. The molecule has 0 spiro atoms. The number of rotatable bonds is 10. The summed E-state index contributed by atoms with van der Waals surface area (Å²) in [4.78, 5) is 38.4. The summed E-state index contributed by atoms with van der Waals surface area (Å²) in [5, 5.41) is 21.3. The van der Waals surface area contributed by atoms with Gasteiger partial charge in [0.15, 0.2) is 0 Å². The highest BCUT2D eigenvalue weighted by atomic mass is 16.5. The molecule has 0 aromatic heterocycles. The molecule has 0 saturated heterocycles. The second-order valence-electron chi connectivity index (χ2n) is 9.76. The van der Waals surface area contributed by atoms with E-state index in [4.69, 9.17) is 9.84 Å². The van der Waals surface area contributed by atoms with Gasteiger partial charge in [-0.2, -0.15) is 0 Å². The van der Waals surface area contributed by atoms with Gasteiger partial charge in [0.1, 0.15) is 13.2 Å². The van der Waals surface area contributed by atoms with Crippen LogP contribution in [0, 0.1) is 11.3 Å². The van der Waals surface area contributed by atoms with E-state index in [2.05, 4.69) is 17.4 Å². The fourth-order valence-electron chi connectivity index (χ4n) is 5.02. The van der Waals surface area contributed by atoms with E-state index >= 15 is 0 Å². The molecule has 0 aliphatic heterocycles. The van der Waals surface area contributed by atoms with Gasteiger partial charge in [0, 0.05) is 18.5 Å². The third-order valence-electron chi connectivity index (χ3n) is 6.60. The highest BCUT2D eigenvalue weighted by Crippen LogP contribution is 2.44. The van der Waals surface area contributed by atoms with Gasteiger partial charge in [0.05, 0.1) is 12.0 Å². The predicted octanol–water partition coefficient (Wildman–Crippen LogP) is 3.48. The van der Waals surface area contributed by atoms with E-state index < -0.39 is 36.0 Å². The fourth-order valence-corrected chi connectivity index (χ4v) is 5.02. The van der Waals surface area contributed by atoms with Crippen LogP contribution in [-0.2, 0) is 14.3 Å². The lowest BCUT2D eigenvalue weighted by molar-refractivity contribution is -0.150. The molecule has 1 aliphatic rings. The summed E-state index contributed by atoms with van der Waals surface area (Å²) in [5.41, 5.74) is 3.33. The molecule has 0 fully saturated rings. The summed E-state index contributed by atoms with van der Waals surface area (Å²) in [6, 6.07) is 15.5. The van der Waals surface area contributed by atoms with E-state index in [1.807, 2.05) is 50.2 Å². The molecule has 2 aromatic rings. The van der Waals surface area contributed by atoms with Crippen molar-refractivity contribution in [3.63, 3.8) is 0 Å². The number of carboxylic acid groups (broad SMARTS) is 1. The number of nitrogens with one attached hydrogen (secondary N) is 1. The average Bonchev–Trinajstić information content (AvgIpc) is 3.13. The van der Waals surface area contributed by atoms with Crippen LogP contribution in [0.3, 0.4) is 0 Å². The lowest BCUT2D eigenvalue weighted by Crippen LogP contribution is -2.56. The van der Waals surface area contributed by atoms with Crippen molar-refractivity contribution in [2.24, 2.45) is 11.3 Å². The Morgan fingerprint density at radius 3 is 2.06 bits per heavy atom. The first kappa shape index (κ1) is 26.2. The zero-order valence-electron chi connectivity index (χ0n) is 20.7. The van der Waals surface area contributed by atoms with Crippen LogP contribution in [0.4, 0.5) is 4.79 Å². The molecule has 2 aromatic carbocycles. The Morgan fingerprint density at radius 1 is 1.03 bits per heavy atom. The molecule has 2 amide bonds. The largest absolute Gasteiger partial charge is 0.480 e. The van der Waals surface area contributed by atoms with Crippen LogP contribution < -0.4 is 5.32 Å². The minimum Gasteiger partial charge on any atom is -0.480 e. The Morgan fingerprint density at radius 2 is 1.57 bits per heavy atom. The number of aliphatic hydroxyl groups is 1. The number of alkyl carbamates (subject to hydrolysis) is 1. The Labute approximate surface area is 205 Å². The van der Waals surface area contributed by atoms with Crippen molar-refractivity contribution in [2.75, 3.05) is 26.3 Å². The number of carbonyl (C=O) groups excluding carboxylic acids is 2. The monoisotopic (exact) mass is 482 g/mol. The van der Waals surface area contributed by atoms with E-state index in [1.54, 1.807) is 13.8 Å². The van der Waals surface area contributed by atoms with Crippen LogP contribution in [0.5, 0.6) is 0 Å². The molecule has 0 bridgehead atoms. The van der Waals surface area contributed by atoms with Crippen LogP contribution in [0.1, 0.15) is 44.7 Å². The number of nitrogens with zero attached hydrogens (tertiary/aromatic N) is 1. The number of amides is 2. The van der Waals surface area contributed by atoms with Crippen molar-refractivity contribution >= 4 is 18.0 Å². The number of benzene rings is 2. The first-order valence-electron chi connectivity index (χ1n) is 11.8. The highest BCUT2D eigenvalue weighted by Gasteiger charge is 2.42. The second-order valence-corrected chi connectivity index (χ2v) is 9.76. The highest BCUT2D eigenvalue weighted by molar-refractivity contribution is 5.86. The molecule has 188 valence electrons. The average molecular weight is 483 g/mol. The molecule has 1 atom stereocenters. The molecule has 0 heterocycles. The van der Waals surface area contributed by atoms with Gasteiger partial charge in [-0.15, -0.1) is 0 Å². The summed E-state index contributed by atoms with van der Waals surface area (Å²) >= 11 is 0. The molecule has 3 rings (SSSR count). The minimum absolute atomic E-state index is 0.0871. The SMILES string of the molecule is CC(C)C(NC(=O)OCC1c2ccccc2-c2ccccc21)C(C)(C)C(=O)N(CCO)CC(=O)O. The van der Waals surface area contributed by atoms with Gasteiger partial charge in [-0.25, -0.2) is 4.79 Å². The molecular formula is C27H34N2O6. The third kappa shape index (κ3) is 5.65. The van der Waals surface area contributed by atoms with Crippen molar-refractivity contribution < 1.29 is 29.3 Å². The number of fused-ring (bicyclic) bond motifs is 3. The molecule has 8 heteroatoms. The molecule has 0 saturated carbocycles. The Bertz CT molecular complexity index is 1040. The minimum atomic E-state index is -1.17. The normalized spacial score (nSPS) is 13.7. The maximum Gasteiger partial charge on any atom is 0.407 e. The zero-order valence-corrected chi connectivity index (χ0v) is 20.7. The van der Waals surface area contributed by atoms with E-state index in [0.29, 0.717) is 0 Å². The predicted molar refractivity (Wildman–Crippen MR) is 132 cm³/mol. The van der Waals surface area contributed by atoms with Crippen molar-refractivity contribution in [2.45, 2.75) is 39.7 Å². The van der Waals surface area contributed by atoms with E-state index in [0.717, 1.165) is 27.2 Å². The van der Waals surface area contributed by atoms with Crippen molar-refractivity contribution in [3.05, 3.63) is 59.7 Å². The number of carboxylic acids is 1. The van der Waals surface area contributed by atoms with E-state index in [-0.39, 0.29) is 31.6 Å². The number of ether oxygens (including phenoxy) is 1. The van der Waals surface area contributed by atoms with Gasteiger partial charge >= 0.3 is 12.1 Å². The quantitative estimate of drug-likeness (QED) is 0.477. The van der Waals surface area contributed by atoms with E-state index in [9.17, 15) is 19.5 Å². The number of aliphatic hydroxyl groups excluding tert-OH is 1. The van der Waals surface area contributed by atoms with Crippen molar-refractivity contribution in [1.82, 2.24) is 10.2 Å². The molecule has 1 aliphatic carbocycles. The lowest BCUT2D eigenvalue weighted by atomic mass is 9.77. The number of hydrogen-bond acceptors (Lipinski definition) is 5. The molecular weight excluding hydrogens is 448 g/mol. The van der Waals surface area contributed by atoms with Gasteiger partial charge in [-0.1, -0.05) is 62.4 Å². The summed E-state index contributed by atoms with van der Waals surface area (Å²) in [6.07, 6.45) is -0.640. The van der Waals surface area contributed by atoms with Crippen LogP contribution in [0.15, 0.2) is 48.5 Å². The van der Waals surface area contributed by atoms with Gasteiger partial charge in [0.25, 0.3) is 0 Å². The van der Waals surface area contributed by atoms with Crippen molar-refractivity contribution in [3.8, 4) is 11.1 Å². The molecule has 0 radical (unpaired) electrons. The number of carbonyl (C=O) groups is 3. The van der Waals surface area contributed by atoms with Crippen LogP contribution in [-0.4, -0.2) is 65.4 Å². The molecule has 1 unspecified atom stereocenters. The lowest BCUT2D eigenvalue weighted by Gasteiger charge is -2.39. The first-order chi connectivity index (χ1) is 16.6. The van der Waals surface area contributed by atoms with Crippen LogP contribution in [0.2, 0.25) is 0 Å². The summed E-state index contributed by atoms with van der Waals surface area (Å²) in [5.74, 6) is -1.87. The second kappa shape index (κ2) is 10.9. The zero-order chi connectivity index (χ0) is 25.8. The Kier molecular flexibility index (Phi) is 8.17. The van der Waals surface area contributed by atoms with E-state index in [1.165, 1.54) is 0 Å². The molecule has 35 heavy (non-hydrogen) atoms. The fraction of sp³-hybridized carbons (Fsp3) is 0.444. The summed E-state index contributed by atoms with van der Waals surface area (Å²) < 4.78 is 5.66. The number of aliphatic carboxylic acids is 1. The Balaban J connectivity index is 1.73. The number of hydrogen-bond donors (Lipinski definition) is 3. The van der Waals surface area contributed by atoms with Gasteiger partial charge < -0.3 is 25.2 Å². The topological polar surface area (TPSA) is 116 Å². The smallest absolute Gasteiger partial charge is 0.407 e. The standard InChI is InChI=1S/C27H34N2O6/c1-17(2)24(27(3,4)25(33)29(13-14-30)15-23(31)32)28-26(34)35-16-22-20-11-7-5-9-18(20)19-10-6-8-12-21(19)22/h5-12,17,22,24,30H,13-16H2,1-4H3,(H,28,34)(H,31,32). The van der Waals surface area contributed by atoms with Crippen molar-refractivity contribution in [1.29, 1.82) is 0 Å².